The fraction of sp³-hybridized carbons (Fsp3) is 0.211. The Morgan fingerprint density at radius 3 is 2.12 bits per heavy atom. The van der Waals surface area contributed by atoms with Crippen molar-refractivity contribution >= 4 is 34.7 Å². The first-order chi connectivity index (χ1) is 12.5. The van der Waals surface area contributed by atoms with Crippen LogP contribution in [0.25, 0.3) is 0 Å². The second-order valence-electron chi connectivity index (χ2n) is 5.99. The van der Waals surface area contributed by atoms with E-state index in [2.05, 4.69) is 21.1 Å². The minimum absolute atomic E-state index is 0.190. The van der Waals surface area contributed by atoms with Crippen molar-refractivity contribution < 1.29 is 9.59 Å². The lowest BCUT2D eigenvalue weighted by Gasteiger charge is -2.14. The Hall–Kier alpha value is -3.35. The van der Waals surface area contributed by atoms with E-state index in [1.807, 2.05) is 24.1 Å². The summed E-state index contributed by atoms with van der Waals surface area (Å²) in [4.78, 5) is 23.6. The lowest BCUT2D eigenvalue weighted by molar-refractivity contribution is 0.102. The molecule has 0 unspecified atom stereocenters. The van der Waals surface area contributed by atoms with Crippen molar-refractivity contribution in [1.29, 1.82) is 0 Å². The lowest BCUT2D eigenvalue weighted by atomic mass is 10.2. The molecule has 26 heavy (non-hydrogen) atoms. The smallest absolute Gasteiger partial charge is 0.318 e. The lowest BCUT2D eigenvalue weighted by Crippen LogP contribution is -2.24. The van der Waals surface area contributed by atoms with Gasteiger partial charge in [0.05, 0.1) is 5.69 Å². The number of carbonyl (C=O) groups is 2. The number of nitrogens with one attached hydrogen (secondary N) is 3. The molecule has 0 fully saturated rings. The first kappa shape index (κ1) is 17.5. The van der Waals surface area contributed by atoms with Gasteiger partial charge in [-0.15, -0.1) is 0 Å². The number of anilines is 3. The van der Waals surface area contributed by atoms with Crippen molar-refractivity contribution in [2.24, 2.45) is 5.10 Å². The van der Waals surface area contributed by atoms with Crippen LogP contribution in [0.5, 0.6) is 0 Å². The normalized spacial score (nSPS) is 13.2. The van der Waals surface area contributed by atoms with Gasteiger partial charge in [0.15, 0.2) is 0 Å². The number of amides is 3. The molecule has 0 aliphatic carbocycles. The number of hydrogen-bond donors (Lipinski definition) is 3. The van der Waals surface area contributed by atoms with Gasteiger partial charge >= 0.3 is 6.03 Å². The zero-order valence-electron chi connectivity index (χ0n) is 14.7. The van der Waals surface area contributed by atoms with E-state index in [0.717, 1.165) is 24.4 Å². The largest absolute Gasteiger partial charge is 0.341 e. The van der Waals surface area contributed by atoms with Crippen LogP contribution < -0.4 is 21.0 Å². The molecule has 7 nitrogen and oxygen atoms in total. The van der Waals surface area contributed by atoms with Crippen molar-refractivity contribution in [1.82, 2.24) is 5.32 Å². The number of carbonyl (C=O) groups excluding carboxylic acids is 2. The average molecular weight is 351 g/mol. The summed E-state index contributed by atoms with van der Waals surface area (Å²) >= 11 is 0. The zero-order valence-corrected chi connectivity index (χ0v) is 14.7. The van der Waals surface area contributed by atoms with Gasteiger partial charge in [-0.2, -0.15) is 5.10 Å². The molecule has 0 saturated heterocycles. The highest BCUT2D eigenvalue weighted by Crippen LogP contribution is 2.20. The van der Waals surface area contributed by atoms with E-state index in [0.29, 0.717) is 16.9 Å². The van der Waals surface area contributed by atoms with Crippen molar-refractivity contribution in [3.8, 4) is 0 Å². The monoisotopic (exact) mass is 351 g/mol. The van der Waals surface area contributed by atoms with Gasteiger partial charge in [-0.3, -0.25) is 9.80 Å². The molecule has 0 spiro atoms. The molecular formula is C19H21N5O2. The minimum Gasteiger partial charge on any atom is -0.341 e. The Balaban J connectivity index is 1.62. The zero-order chi connectivity index (χ0) is 18.5. The quantitative estimate of drug-likeness (QED) is 0.790. The minimum atomic E-state index is -0.292. The van der Waals surface area contributed by atoms with E-state index in [1.54, 1.807) is 43.4 Å². The SMILES string of the molecule is CNC(=O)Nc1ccc(NC(=O)c2ccc(N3CCC(C)=N3)cc2)cc1. The van der Waals surface area contributed by atoms with Gasteiger partial charge < -0.3 is 16.0 Å². The van der Waals surface area contributed by atoms with Gasteiger partial charge in [-0.1, -0.05) is 0 Å². The summed E-state index contributed by atoms with van der Waals surface area (Å²) in [5, 5.41) is 14.4. The number of benzene rings is 2. The first-order valence-electron chi connectivity index (χ1n) is 8.37. The fourth-order valence-corrected chi connectivity index (χ4v) is 2.58. The van der Waals surface area contributed by atoms with Crippen LogP contribution in [0.15, 0.2) is 53.6 Å². The Labute approximate surface area is 152 Å². The van der Waals surface area contributed by atoms with Crippen LogP contribution >= 0.6 is 0 Å². The summed E-state index contributed by atoms with van der Waals surface area (Å²) in [6, 6.07) is 14.0. The molecular weight excluding hydrogens is 330 g/mol. The van der Waals surface area contributed by atoms with Gasteiger partial charge in [-0.05, 0) is 55.5 Å². The molecule has 0 saturated carbocycles. The molecule has 2 aromatic rings. The Morgan fingerprint density at radius 2 is 1.58 bits per heavy atom. The third-order valence-electron chi connectivity index (χ3n) is 4.03. The molecule has 1 aliphatic heterocycles. The summed E-state index contributed by atoms with van der Waals surface area (Å²) in [6.07, 6.45) is 0.965. The highest BCUT2D eigenvalue weighted by Gasteiger charge is 2.13. The molecule has 0 aromatic heterocycles. The van der Waals surface area contributed by atoms with Crippen LogP contribution in [-0.2, 0) is 0 Å². The topological polar surface area (TPSA) is 85.8 Å². The number of hydrogen-bond acceptors (Lipinski definition) is 4. The van der Waals surface area contributed by atoms with Crippen LogP contribution in [0.3, 0.4) is 0 Å². The summed E-state index contributed by atoms with van der Waals surface area (Å²) in [7, 11) is 1.55. The van der Waals surface area contributed by atoms with E-state index in [-0.39, 0.29) is 11.9 Å². The molecule has 1 aliphatic rings. The Kier molecular flexibility index (Phi) is 5.17. The fourth-order valence-electron chi connectivity index (χ4n) is 2.58. The number of urea groups is 1. The molecule has 1 heterocycles. The third kappa shape index (κ3) is 4.18. The maximum atomic E-state index is 12.4. The maximum Gasteiger partial charge on any atom is 0.318 e. The van der Waals surface area contributed by atoms with Gasteiger partial charge in [0.1, 0.15) is 0 Å². The number of nitrogens with zero attached hydrogens (tertiary/aromatic N) is 2. The molecule has 3 amide bonds. The molecule has 3 rings (SSSR count). The highest BCUT2D eigenvalue weighted by molar-refractivity contribution is 6.04. The van der Waals surface area contributed by atoms with Crippen molar-refractivity contribution in [2.45, 2.75) is 13.3 Å². The molecule has 0 radical (unpaired) electrons. The van der Waals surface area contributed by atoms with Crippen LogP contribution in [0.4, 0.5) is 21.9 Å². The highest BCUT2D eigenvalue weighted by atomic mass is 16.2. The van der Waals surface area contributed by atoms with E-state index >= 15 is 0 Å². The van der Waals surface area contributed by atoms with E-state index < -0.39 is 0 Å². The van der Waals surface area contributed by atoms with Crippen LogP contribution in [-0.4, -0.2) is 31.2 Å². The van der Waals surface area contributed by atoms with E-state index in [9.17, 15) is 9.59 Å². The number of rotatable bonds is 4. The summed E-state index contributed by atoms with van der Waals surface area (Å²) in [5.74, 6) is -0.190. The average Bonchev–Trinajstić information content (AvgIpc) is 3.09. The predicted octanol–water partition coefficient (Wildman–Crippen LogP) is 3.28. The molecule has 3 N–H and O–H groups in total. The van der Waals surface area contributed by atoms with Crippen LogP contribution in [0.2, 0.25) is 0 Å². The summed E-state index contributed by atoms with van der Waals surface area (Å²) < 4.78 is 0. The second-order valence-corrected chi connectivity index (χ2v) is 5.99. The van der Waals surface area contributed by atoms with Gasteiger partial charge in [0.25, 0.3) is 5.91 Å². The van der Waals surface area contributed by atoms with E-state index in [4.69, 9.17) is 0 Å². The van der Waals surface area contributed by atoms with Crippen LogP contribution in [0, 0.1) is 0 Å². The predicted molar refractivity (Wildman–Crippen MR) is 104 cm³/mol. The standard InChI is InChI=1S/C19H21N5O2/c1-13-11-12-24(23-13)17-9-3-14(4-10-17)18(25)21-15-5-7-16(8-6-15)22-19(26)20-2/h3-10H,11-12H2,1-2H3,(H,21,25)(H2,20,22,26). The Bertz CT molecular complexity index is 828. The number of hydrazone groups is 1. The second kappa shape index (κ2) is 7.69. The van der Waals surface area contributed by atoms with Crippen molar-refractivity contribution in [2.75, 3.05) is 29.2 Å². The van der Waals surface area contributed by atoms with Crippen molar-refractivity contribution in [3.05, 3.63) is 54.1 Å². The Morgan fingerprint density at radius 1 is 0.962 bits per heavy atom. The van der Waals surface area contributed by atoms with E-state index in [1.165, 1.54) is 0 Å². The summed E-state index contributed by atoms with van der Waals surface area (Å²) in [6.45, 7) is 2.88. The molecule has 2 aromatic carbocycles. The third-order valence-corrected chi connectivity index (χ3v) is 4.03. The molecule has 0 atom stereocenters. The van der Waals surface area contributed by atoms with Crippen LogP contribution in [0.1, 0.15) is 23.7 Å². The van der Waals surface area contributed by atoms with Crippen molar-refractivity contribution in [3.63, 3.8) is 0 Å². The van der Waals surface area contributed by atoms with Gasteiger partial charge in [0.2, 0.25) is 0 Å². The maximum absolute atomic E-state index is 12.4. The molecule has 7 heteroatoms. The molecule has 134 valence electrons. The molecule has 0 bridgehead atoms. The first-order valence-corrected chi connectivity index (χ1v) is 8.37. The van der Waals surface area contributed by atoms with Gasteiger partial charge in [0, 0.05) is 42.7 Å². The summed E-state index contributed by atoms with van der Waals surface area (Å²) in [5.41, 5.74) is 3.96. The van der Waals surface area contributed by atoms with Gasteiger partial charge in [-0.25, -0.2) is 4.79 Å².